The van der Waals surface area contributed by atoms with Gasteiger partial charge in [0, 0.05) is 0 Å². The van der Waals surface area contributed by atoms with Crippen molar-refractivity contribution in [2.45, 2.75) is 57.5 Å². The molecule has 0 heterocycles. The van der Waals surface area contributed by atoms with Crippen molar-refractivity contribution in [1.29, 1.82) is 0 Å². The van der Waals surface area contributed by atoms with Crippen molar-refractivity contribution in [2.75, 3.05) is 0 Å². The maximum Gasteiger partial charge on any atom is 0.0540 e. The average Bonchev–Trinajstić information content (AvgIpc) is 2.40. The van der Waals surface area contributed by atoms with Crippen molar-refractivity contribution in [3.63, 3.8) is 0 Å². The molecule has 0 saturated carbocycles. The highest BCUT2D eigenvalue weighted by Gasteiger charge is 2.03. The second kappa shape index (κ2) is 9.90. The third-order valence-electron chi connectivity index (χ3n) is 3.29. The maximum atomic E-state index is 9.86. The summed E-state index contributed by atoms with van der Waals surface area (Å²) >= 11 is 0. The highest BCUT2D eigenvalue weighted by molar-refractivity contribution is 5.14. The highest BCUT2D eigenvalue weighted by Crippen LogP contribution is 2.12. The molecule has 0 radical (unpaired) electrons. The molecule has 1 heteroatoms. The van der Waals surface area contributed by atoms with Crippen LogP contribution in [0.2, 0.25) is 0 Å². The number of aliphatic hydroxyl groups excluding tert-OH is 1. The van der Waals surface area contributed by atoms with Crippen LogP contribution in [-0.2, 0) is 6.42 Å². The van der Waals surface area contributed by atoms with Crippen molar-refractivity contribution >= 4 is 0 Å². The van der Waals surface area contributed by atoms with Crippen LogP contribution < -0.4 is 0 Å². The zero-order valence-electron chi connectivity index (χ0n) is 11.4. The number of allylic oxidation sites excluding steroid dienone is 1. The number of hydrogen-bond acceptors (Lipinski definition) is 1. The molecule has 1 N–H and O–H groups in total. The summed E-state index contributed by atoms with van der Waals surface area (Å²) in [4.78, 5) is 0. The molecule has 1 nitrogen and oxygen atoms in total. The Bertz CT molecular complexity index is 305. The predicted molar refractivity (Wildman–Crippen MR) is 78.7 cm³/mol. The maximum absolute atomic E-state index is 9.86. The number of aryl methyl sites for hydroxylation is 1. The Morgan fingerprint density at radius 2 is 1.72 bits per heavy atom. The summed E-state index contributed by atoms with van der Waals surface area (Å²) < 4.78 is 0. The lowest BCUT2D eigenvalue weighted by atomic mass is 10.0. The van der Waals surface area contributed by atoms with Gasteiger partial charge in [-0.2, -0.15) is 0 Å². The number of unbranched alkanes of at least 4 members (excludes halogenated alkanes) is 3. The van der Waals surface area contributed by atoms with E-state index in [9.17, 15) is 5.11 Å². The lowest BCUT2D eigenvalue weighted by molar-refractivity contribution is 0.148. The first-order chi connectivity index (χ1) is 8.83. The van der Waals surface area contributed by atoms with Crippen molar-refractivity contribution < 1.29 is 5.11 Å². The fourth-order valence-electron chi connectivity index (χ4n) is 2.18. The summed E-state index contributed by atoms with van der Waals surface area (Å²) in [7, 11) is 0. The third-order valence-corrected chi connectivity index (χ3v) is 3.29. The average molecular weight is 246 g/mol. The Kier molecular flexibility index (Phi) is 8.24. The van der Waals surface area contributed by atoms with E-state index in [1.165, 1.54) is 18.4 Å². The Hall–Kier alpha value is -1.08. The van der Waals surface area contributed by atoms with Gasteiger partial charge in [0.05, 0.1) is 6.10 Å². The minimum atomic E-state index is -0.113. The second-order valence-electron chi connectivity index (χ2n) is 4.96. The zero-order valence-corrected chi connectivity index (χ0v) is 11.4. The van der Waals surface area contributed by atoms with Crippen LogP contribution in [-0.4, -0.2) is 11.2 Å². The first-order valence-corrected chi connectivity index (χ1v) is 7.16. The molecule has 1 atom stereocenters. The van der Waals surface area contributed by atoms with Gasteiger partial charge in [-0.05, 0) is 44.1 Å². The van der Waals surface area contributed by atoms with Crippen LogP contribution in [0.4, 0.5) is 0 Å². The molecule has 0 aromatic heterocycles. The molecule has 1 aromatic carbocycles. The van der Waals surface area contributed by atoms with E-state index in [0.717, 1.165) is 38.5 Å². The summed E-state index contributed by atoms with van der Waals surface area (Å²) in [6.45, 7) is 3.71. The van der Waals surface area contributed by atoms with E-state index in [1.54, 1.807) is 0 Å². The zero-order chi connectivity index (χ0) is 13.1. The minimum absolute atomic E-state index is 0.113. The van der Waals surface area contributed by atoms with Crippen molar-refractivity contribution in [3.8, 4) is 0 Å². The van der Waals surface area contributed by atoms with Crippen molar-refractivity contribution in [2.24, 2.45) is 0 Å². The van der Waals surface area contributed by atoms with Crippen LogP contribution in [0.15, 0.2) is 43.0 Å². The van der Waals surface area contributed by atoms with Gasteiger partial charge in [-0.25, -0.2) is 0 Å². The number of benzene rings is 1. The van der Waals surface area contributed by atoms with E-state index < -0.39 is 0 Å². The van der Waals surface area contributed by atoms with E-state index in [4.69, 9.17) is 0 Å². The van der Waals surface area contributed by atoms with Crippen LogP contribution in [0, 0.1) is 0 Å². The van der Waals surface area contributed by atoms with Crippen molar-refractivity contribution in [1.82, 2.24) is 0 Å². The van der Waals surface area contributed by atoms with E-state index >= 15 is 0 Å². The van der Waals surface area contributed by atoms with Crippen LogP contribution in [0.25, 0.3) is 0 Å². The molecule has 0 fully saturated rings. The normalized spacial score (nSPS) is 12.3. The molecular formula is C17H26O. The van der Waals surface area contributed by atoms with Gasteiger partial charge in [0.2, 0.25) is 0 Å². The van der Waals surface area contributed by atoms with Crippen molar-refractivity contribution in [3.05, 3.63) is 48.6 Å². The Balaban J connectivity index is 2.00. The first-order valence-electron chi connectivity index (χ1n) is 7.16. The summed E-state index contributed by atoms with van der Waals surface area (Å²) in [5.41, 5.74) is 1.37. The minimum Gasteiger partial charge on any atom is -0.393 e. The molecule has 0 saturated heterocycles. The molecule has 1 aromatic rings. The lowest BCUT2D eigenvalue weighted by Gasteiger charge is -2.10. The number of rotatable bonds is 10. The molecule has 1 unspecified atom stereocenters. The molecular weight excluding hydrogens is 220 g/mol. The topological polar surface area (TPSA) is 20.2 Å². The largest absolute Gasteiger partial charge is 0.393 e. The summed E-state index contributed by atoms with van der Waals surface area (Å²) in [5.74, 6) is 0. The quantitative estimate of drug-likeness (QED) is 0.476. The molecule has 100 valence electrons. The van der Waals surface area contributed by atoms with Crippen LogP contribution in [0.5, 0.6) is 0 Å². The SMILES string of the molecule is C=CCCCCCC(O)CCCc1ccccc1. The standard InChI is InChI=1S/C17H26O/c1-2-3-4-5-9-14-17(18)15-10-13-16-11-7-6-8-12-16/h2,6-8,11-12,17-18H,1,3-5,9-10,13-15H2. The van der Waals surface area contributed by atoms with Gasteiger partial charge in [-0.15, -0.1) is 6.58 Å². The van der Waals surface area contributed by atoms with E-state index in [0.29, 0.717) is 0 Å². The molecule has 0 bridgehead atoms. The molecule has 0 amide bonds. The molecule has 0 aliphatic rings. The number of hydrogen-bond donors (Lipinski definition) is 1. The number of aliphatic hydroxyl groups is 1. The van der Waals surface area contributed by atoms with Crippen LogP contribution in [0.1, 0.15) is 50.5 Å². The molecule has 18 heavy (non-hydrogen) atoms. The van der Waals surface area contributed by atoms with E-state index in [-0.39, 0.29) is 6.10 Å². The van der Waals surface area contributed by atoms with Gasteiger partial charge in [0.1, 0.15) is 0 Å². The molecule has 0 aliphatic heterocycles. The van der Waals surface area contributed by atoms with Crippen LogP contribution in [0.3, 0.4) is 0 Å². The lowest BCUT2D eigenvalue weighted by Crippen LogP contribution is -2.06. The van der Waals surface area contributed by atoms with Gasteiger partial charge in [-0.3, -0.25) is 0 Å². The molecule has 0 aliphatic carbocycles. The summed E-state index contributed by atoms with van der Waals surface area (Å²) in [6.07, 6.45) is 10.6. The van der Waals surface area contributed by atoms with Gasteiger partial charge in [0.15, 0.2) is 0 Å². The van der Waals surface area contributed by atoms with E-state index in [2.05, 4.69) is 30.8 Å². The van der Waals surface area contributed by atoms with Gasteiger partial charge in [-0.1, -0.05) is 49.2 Å². The Morgan fingerprint density at radius 1 is 1.00 bits per heavy atom. The molecule has 1 rings (SSSR count). The first kappa shape index (κ1) is 15.0. The van der Waals surface area contributed by atoms with Gasteiger partial charge < -0.3 is 5.11 Å². The van der Waals surface area contributed by atoms with E-state index in [1.807, 2.05) is 12.1 Å². The van der Waals surface area contributed by atoms with Gasteiger partial charge in [0.25, 0.3) is 0 Å². The molecule has 0 spiro atoms. The monoisotopic (exact) mass is 246 g/mol. The smallest absolute Gasteiger partial charge is 0.0540 e. The Morgan fingerprint density at radius 3 is 2.44 bits per heavy atom. The Labute approximate surface area is 112 Å². The van der Waals surface area contributed by atoms with Crippen LogP contribution >= 0.6 is 0 Å². The highest BCUT2D eigenvalue weighted by atomic mass is 16.3. The van der Waals surface area contributed by atoms with Gasteiger partial charge >= 0.3 is 0 Å². The fraction of sp³-hybridized carbons (Fsp3) is 0.529. The fourth-order valence-corrected chi connectivity index (χ4v) is 2.18. The predicted octanol–water partition coefficient (Wildman–Crippen LogP) is 4.51. The third kappa shape index (κ3) is 7.29. The summed E-state index contributed by atoms with van der Waals surface area (Å²) in [6, 6.07) is 10.5. The summed E-state index contributed by atoms with van der Waals surface area (Å²) in [5, 5.41) is 9.86. The second-order valence-corrected chi connectivity index (χ2v) is 4.96.